The quantitative estimate of drug-likeness (QED) is 0.0261. The Kier molecular flexibility index (Phi) is 67.7. The standard InChI is InChI=1S/C77H134O6/c1-4-7-10-13-16-19-22-25-28-31-34-35-36-37-38-39-40-41-44-46-49-52-55-58-61-64-67-70-76(79)82-73-74(83-77(80)71-68-65-62-59-56-53-50-47-43-33-30-27-24-21-18-15-12-9-6-3)72-81-75(78)69-66-63-60-57-54-51-48-45-42-32-29-26-23-20-17-14-11-8-5-2/h7,10,16,18-19,21,25-30,34-35,37-38,74H,4-6,8-9,11-15,17,20,22-24,31-33,36,39-73H2,1-3H3/b10-7-,19-16-,21-18-,28-25-,29-26-,30-27-,35-34-,38-37-. The molecule has 0 amide bonds. The van der Waals surface area contributed by atoms with Crippen LogP contribution in [-0.2, 0) is 28.6 Å². The van der Waals surface area contributed by atoms with Crippen molar-refractivity contribution >= 4 is 17.9 Å². The monoisotopic (exact) mass is 1160 g/mol. The lowest BCUT2D eigenvalue weighted by atomic mass is 10.0. The highest BCUT2D eigenvalue weighted by molar-refractivity contribution is 5.71. The molecule has 1 unspecified atom stereocenters. The number of ether oxygens (including phenoxy) is 3. The van der Waals surface area contributed by atoms with Gasteiger partial charge in [0.05, 0.1) is 0 Å². The zero-order valence-electron chi connectivity index (χ0n) is 54.9. The van der Waals surface area contributed by atoms with Crippen LogP contribution in [0.1, 0.15) is 355 Å². The van der Waals surface area contributed by atoms with E-state index >= 15 is 0 Å². The molecule has 478 valence electrons. The number of carbonyl (C=O) groups is 3. The summed E-state index contributed by atoms with van der Waals surface area (Å²) in [7, 11) is 0. The van der Waals surface area contributed by atoms with Crippen LogP contribution >= 0.6 is 0 Å². The van der Waals surface area contributed by atoms with Crippen molar-refractivity contribution in [2.24, 2.45) is 0 Å². The molecule has 0 spiro atoms. The fraction of sp³-hybridized carbons (Fsp3) is 0.753. The van der Waals surface area contributed by atoms with E-state index in [9.17, 15) is 14.4 Å². The summed E-state index contributed by atoms with van der Waals surface area (Å²) in [5.74, 6) is -0.870. The van der Waals surface area contributed by atoms with Crippen LogP contribution < -0.4 is 0 Å². The van der Waals surface area contributed by atoms with Gasteiger partial charge in [0.1, 0.15) is 13.2 Å². The van der Waals surface area contributed by atoms with Crippen molar-refractivity contribution in [3.63, 3.8) is 0 Å². The van der Waals surface area contributed by atoms with E-state index in [4.69, 9.17) is 14.2 Å². The molecule has 0 aromatic carbocycles. The highest BCUT2D eigenvalue weighted by atomic mass is 16.6. The van der Waals surface area contributed by atoms with Gasteiger partial charge in [-0.1, -0.05) is 311 Å². The van der Waals surface area contributed by atoms with Crippen molar-refractivity contribution < 1.29 is 28.6 Å². The summed E-state index contributed by atoms with van der Waals surface area (Å²) in [6.07, 6.45) is 95.6. The fourth-order valence-electron chi connectivity index (χ4n) is 10.2. The van der Waals surface area contributed by atoms with Crippen LogP contribution in [0.3, 0.4) is 0 Å². The Morgan fingerprint density at radius 1 is 0.253 bits per heavy atom. The highest BCUT2D eigenvalue weighted by Gasteiger charge is 2.19. The van der Waals surface area contributed by atoms with Crippen molar-refractivity contribution in [2.45, 2.75) is 361 Å². The number of rotatable bonds is 65. The van der Waals surface area contributed by atoms with E-state index in [1.54, 1.807) is 0 Å². The Morgan fingerprint density at radius 3 is 0.771 bits per heavy atom. The molecule has 0 heterocycles. The van der Waals surface area contributed by atoms with Crippen molar-refractivity contribution in [3.8, 4) is 0 Å². The Bertz CT molecular complexity index is 1610. The molecule has 0 aromatic rings. The average molecular weight is 1160 g/mol. The average Bonchev–Trinajstić information content (AvgIpc) is 3.50. The van der Waals surface area contributed by atoms with Crippen LogP contribution in [-0.4, -0.2) is 37.2 Å². The van der Waals surface area contributed by atoms with Gasteiger partial charge in [0, 0.05) is 19.3 Å². The second kappa shape index (κ2) is 70.8. The normalized spacial score (nSPS) is 12.7. The summed E-state index contributed by atoms with van der Waals surface area (Å²) >= 11 is 0. The molecule has 0 aliphatic heterocycles. The Morgan fingerprint density at radius 2 is 0.470 bits per heavy atom. The SMILES string of the molecule is CC/C=C\C/C=C\C/C=C\C/C=C\C/C=C\CCCCCCCCCCCCCC(=O)OCC(COC(=O)CCCCCCCCCCC/C=C\CCCCCCCC)OC(=O)CCCCCCCCCCC/C=C\C/C=C\CCCCC. The largest absolute Gasteiger partial charge is 0.462 e. The van der Waals surface area contributed by atoms with E-state index in [1.165, 1.54) is 218 Å². The van der Waals surface area contributed by atoms with Crippen LogP contribution in [0.5, 0.6) is 0 Å². The molecular formula is C77H134O6. The van der Waals surface area contributed by atoms with Gasteiger partial charge in [-0.05, 0) is 122 Å². The third kappa shape index (κ3) is 69.0. The van der Waals surface area contributed by atoms with Crippen molar-refractivity contribution in [1.82, 2.24) is 0 Å². The van der Waals surface area contributed by atoms with E-state index in [-0.39, 0.29) is 31.1 Å². The van der Waals surface area contributed by atoms with Crippen LogP contribution in [0, 0.1) is 0 Å². The Labute approximate surface area is 515 Å². The van der Waals surface area contributed by atoms with Gasteiger partial charge in [0.25, 0.3) is 0 Å². The first kappa shape index (κ1) is 79.3. The van der Waals surface area contributed by atoms with Gasteiger partial charge in [-0.25, -0.2) is 0 Å². The van der Waals surface area contributed by atoms with Gasteiger partial charge in [-0.15, -0.1) is 0 Å². The maximum atomic E-state index is 13.0. The Hall–Kier alpha value is -3.67. The Balaban J connectivity index is 4.35. The van der Waals surface area contributed by atoms with Gasteiger partial charge in [-0.2, -0.15) is 0 Å². The summed E-state index contributed by atoms with van der Waals surface area (Å²) in [5, 5.41) is 0. The number of unbranched alkanes of at least 4 members (excludes halogenated alkanes) is 38. The van der Waals surface area contributed by atoms with Crippen molar-refractivity contribution in [2.75, 3.05) is 13.2 Å². The van der Waals surface area contributed by atoms with E-state index < -0.39 is 6.10 Å². The van der Waals surface area contributed by atoms with Gasteiger partial charge in [-0.3, -0.25) is 14.4 Å². The molecule has 0 fully saturated rings. The first-order valence-electron chi connectivity index (χ1n) is 35.7. The molecule has 0 saturated carbocycles. The minimum absolute atomic E-state index is 0.0787. The number of hydrogen-bond acceptors (Lipinski definition) is 6. The molecule has 0 radical (unpaired) electrons. The molecule has 0 N–H and O–H groups in total. The van der Waals surface area contributed by atoms with Gasteiger partial charge in [0.15, 0.2) is 6.10 Å². The number of allylic oxidation sites excluding steroid dienone is 16. The zero-order valence-corrected chi connectivity index (χ0v) is 54.9. The lowest BCUT2D eigenvalue weighted by Crippen LogP contribution is -2.30. The third-order valence-corrected chi connectivity index (χ3v) is 15.5. The summed E-state index contributed by atoms with van der Waals surface area (Å²) in [4.78, 5) is 38.5. The molecule has 0 rings (SSSR count). The topological polar surface area (TPSA) is 78.9 Å². The fourth-order valence-corrected chi connectivity index (χ4v) is 10.2. The molecule has 6 heteroatoms. The lowest BCUT2D eigenvalue weighted by molar-refractivity contribution is -0.167. The minimum Gasteiger partial charge on any atom is -0.462 e. The highest BCUT2D eigenvalue weighted by Crippen LogP contribution is 2.17. The van der Waals surface area contributed by atoms with E-state index in [2.05, 4.69) is 118 Å². The zero-order chi connectivity index (χ0) is 59.9. The predicted octanol–water partition coefficient (Wildman–Crippen LogP) is 24.8. The summed E-state index contributed by atoms with van der Waals surface area (Å²) < 4.78 is 17.0. The number of hydrogen-bond donors (Lipinski definition) is 0. The molecule has 1 atom stereocenters. The summed E-state index contributed by atoms with van der Waals surface area (Å²) in [5.41, 5.74) is 0. The predicted molar refractivity (Wildman–Crippen MR) is 362 cm³/mol. The molecule has 0 bridgehead atoms. The van der Waals surface area contributed by atoms with Crippen LogP contribution in [0.2, 0.25) is 0 Å². The molecular weight excluding hydrogens is 1020 g/mol. The first-order chi connectivity index (χ1) is 41.0. The maximum Gasteiger partial charge on any atom is 0.306 e. The second-order valence-electron chi connectivity index (χ2n) is 23.8. The smallest absolute Gasteiger partial charge is 0.306 e. The van der Waals surface area contributed by atoms with Gasteiger partial charge >= 0.3 is 17.9 Å². The number of esters is 3. The molecule has 0 saturated heterocycles. The van der Waals surface area contributed by atoms with E-state index in [0.29, 0.717) is 19.3 Å². The number of carbonyl (C=O) groups excluding carboxylic acids is 3. The molecule has 6 nitrogen and oxygen atoms in total. The first-order valence-corrected chi connectivity index (χ1v) is 35.7. The third-order valence-electron chi connectivity index (χ3n) is 15.5. The lowest BCUT2D eigenvalue weighted by Gasteiger charge is -2.18. The molecule has 83 heavy (non-hydrogen) atoms. The van der Waals surface area contributed by atoms with Crippen molar-refractivity contribution in [1.29, 1.82) is 0 Å². The van der Waals surface area contributed by atoms with Crippen LogP contribution in [0.15, 0.2) is 97.2 Å². The van der Waals surface area contributed by atoms with E-state index in [1.807, 2.05) is 0 Å². The van der Waals surface area contributed by atoms with E-state index in [0.717, 1.165) is 96.3 Å². The maximum absolute atomic E-state index is 13.0. The summed E-state index contributed by atoms with van der Waals surface area (Å²) in [6.45, 7) is 6.54. The second-order valence-corrected chi connectivity index (χ2v) is 23.8. The molecule has 0 aliphatic carbocycles. The molecule has 0 aliphatic rings. The minimum atomic E-state index is -0.784. The molecule has 0 aromatic heterocycles. The summed E-state index contributed by atoms with van der Waals surface area (Å²) in [6, 6.07) is 0. The van der Waals surface area contributed by atoms with Gasteiger partial charge in [0.2, 0.25) is 0 Å². The van der Waals surface area contributed by atoms with Gasteiger partial charge < -0.3 is 14.2 Å². The van der Waals surface area contributed by atoms with Crippen molar-refractivity contribution in [3.05, 3.63) is 97.2 Å². The van der Waals surface area contributed by atoms with Crippen LogP contribution in [0.4, 0.5) is 0 Å². The van der Waals surface area contributed by atoms with Crippen LogP contribution in [0.25, 0.3) is 0 Å².